The lowest BCUT2D eigenvalue weighted by Crippen LogP contribution is -2.40. The van der Waals surface area contributed by atoms with Crippen molar-refractivity contribution >= 4 is 133 Å². The zero-order valence-corrected chi connectivity index (χ0v) is 41.8. The summed E-state index contributed by atoms with van der Waals surface area (Å²) in [5.74, 6) is 4.81. The van der Waals surface area contributed by atoms with Crippen LogP contribution in [0.3, 0.4) is 0 Å². The molecule has 2 aromatic heterocycles. The molecule has 10 rings (SSSR count). The van der Waals surface area contributed by atoms with E-state index < -0.39 is 0 Å². The molecule has 0 fully saturated rings. The van der Waals surface area contributed by atoms with Crippen molar-refractivity contribution in [1.29, 1.82) is 0 Å². The quantitative estimate of drug-likeness (QED) is 0.152. The van der Waals surface area contributed by atoms with Gasteiger partial charge in [0.15, 0.2) is 0 Å². The fraction of sp³-hybridized carbons (Fsp3) is 0.300. The van der Waals surface area contributed by atoms with E-state index in [1.807, 2.05) is 122 Å². The topological polar surface area (TPSA) is 62.0 Å². The van der Waals surface area contributed by atoms with E-state index in [9.17, 15) is 0 Å². The van der Waals surface area contributed by atoms with Crippen molar-refractivity contribution in [3.8, 4) is 0 Å². The van der Waals surface area contributed by atoms with Crippen LogP contribution >= 0.6 is 69.6 Å². The number of amidine groups is 1. The summed E-state index contributed by atoms with van der Waals surface area (Å²) in [7, 11) is 7.94. The Balaban J connectivity index is 0.000000433. The first kappa shape index (κ1) is 46.3. The molecule has 6 aromatic rings. The zero-order valence-electron chi connectivity index (χ0n) is 37.2. The smallest absolute Gasteiger partial charge is 0.373 e. The molecule has 4 aromatic carbocycles. The summed E-state index contributed by atoms with van der Waals surface area (Å²) in [4.78, 5) is 8.74. The number of anilines is 4. The number of allylic oxidation sites excluding steroid dienone is 4. The van der Waals surface area contributed by atoms with Gasteiger partial charge in [0, 0.05) is 62.2 Å². The summed E-state index contributed by atoms with van der Waals surface area (Å²) < 4.78 is 18.7. The van der Waals surface area contributed by atoms with Gasteiger partial charge in [0.05, 0.1) is 74.6 Å². The van der Waals surface area contributed by atoms with Crippen molar-refractivity contribution in [2.75, 3.05) is 66.4 Å². The molecule has 0 bridgehead atoms. The highest BCUT2D eigenvalue weighted by Crippen LogP contribution is 2.47. The van der Waals surface area contributed by atoms with Gasteiger partial charge in [0.1, 0.15) is 25.7 Å². The molecule has 0 unspecified atom stereocenters. The summed E-state index contributed by atoms with van der Waals surface area (Å²) in [6.45, 7) is 5.13. The van der Waals surface area contributed by atoms with Gasteiger partial charge in [-0.25, -0.2) is 0 Å². The van der Waals surface area contributed by atoms with Crippen LogP contribution in [0.4, 0.5) is 22.7 Å². The predicted molar refractivity (Wildman–Crippen MR) is 274 cm³/mol. The second-order valence-electron chi connectivity index (χ2n) is 16.8. The van der Waals surface area contributed by atoms with Crippen molar-refractivity contribution in [2.45, 2.75) is 38.5 Å². The van der Waals surface area contributed by atoms with Crippen LogP contribution < -0.4 is 34.1 Å². The number of halogens is 6. The van der Waals surface area contributed by atoms with E-state index in [1.165, 1.54) is 57.6 Å². The summed E-state index contributed by atoms with van der Waals surface area (Å²) in [5.41, 5.74) is 7.17. The third-order valence-corrected chi connectivity index (χ3v) is 14.5. The lowest BCUT2D eigenvalue weighted by Gasteiger charge is -2.26. The second-order valence-corrected chi connectivity index (χ2v) is 19.3. The van der Waals surface area contributed by atoms with Crippen LogP contribution in [0, 0.1) is 0 Å². The minimum absolute atomic E-state index is 0.489. The SMILES string of the molecule is C1CCC2=[N+](CC1)CCCN2.CN1C(=CC=Cc2oc3ccc(Cl)cc3[n+]2C)N(CCCN2C(=CC=Cc3oc4ccc(Cl)cc4[n+]3C)N(C)c3cc(Cl)c(Cl)cc32)c2cc(Cl)c(Cl)cc21. The molecular formula is C50H51Cl6N8O2+3. The first-order chi connectivity index (χ1) is 31.9. The molecule has 6 heterocycles. The van der Waals surface area contributed by atoms with Gasteiger partial charge in [-0.1, -0.05) is 69.6 Å². The van der Waals surface area contributed by atoms with Crippen molar-refractivity contribution in [1.82, 2.24) is 5.32 Å². The second kappa shape index (κ2) is 19.8. The maximum Gasteiger partial charge on any atom is 0.373 e. The van der Waals surface area contributed by atoms with E-state index >= 15 is 0 Å². The molecule has 0 aliphatic carbocycles. The van der Waals surface area contributed by atoms with E-state index in [0.717, 1.165) is 63.0 Å². The van der Waals surface area contributed by atoms with E-state index in [4.69, 9.17) is 78.4 Å². The highest BCUT2D eigenvalue weighted by Gasteiger charge is 2.33. The third-order valence-electron chi connectivity index (χ3n) is 12.6. The van der Waals surface area contributed by atoms with Gasteiger partial charge in [0.2, 0.25) is 17.0 Å². The van der Waals surface area contributed by atoms with Gasteiger partial charge in [-0.2, -0.15) is 9.13 Å². The maximum atomic E-state index is 6.59. The Bertz CT molecular complexity index is 2810. The number of nitrogens with one attached hydrogen (secondary N) is 1. The summed E-state index contributed by atoms with van der Waals surface area (Å²) >= 11 is 38.7. The summed E-state index contributed by atoms with van der Waals surface area (Å²) in [6.07, 6.45) is 19.5. The largest absolute Gasteiger partial charge is 0.398 e. The molecule has 0 atom stereocenters. The van der Waals surface area contributed by atoms with Gasteiger partial charge in [-0.05, 0) is 98.5 Å². The van der Waals surface area contributed by atoms with Crippen molar-refractivity contribution in [2.24, 2.45) is 14.1 Å². The van der Waals surface area contributed by atoms with Gasteiger partial charge in [0.25, 0.3) is 11.0 Å². The number of rotatable bonds is 8. The number of oxazole rings is 2. The Kier molecular flexibility index (Phi) is 13.9. The van der Waals surface area contributed by atoms with E-state index in [2.05, 4.69) is 41.6 Å². The van der Waals surface area contributed by atoms with Gasteiger partial charge in [-0.15, -0.1) is 0 Å². The fourth-order valence-corrected chi connectivity index (χ4v) is 10.1. The van der Waals surface area contributed by atoms with Crippen molar-refractivity contribution < 1.29 is 22.5 Å². The molecule has 16 heteroatoms. The number of aryl methyl sites for hydroxylation is 2. The lowest BCUT2D eigenvalue weighted by atomic mass is 10.2. The van der Waals surface area contributed by atoms with Crippen LogP contribution in [0.25, 0.3) is 34.4 Å². The molecule has 0 saturated heterocycles. The summed E-state index contributed by atoms with van der Waals surface area (Å²) in [6, 6.07) is 18.8. The van der Waals surface area contributed by atoms with E-state index in [-0.39, 0.29) is 0 Å². The number of aromatic nitrogens is 2. The van der Waals surface area contributed by atoms with Gasteiger partial charge < -0.3 is 28.4 Å². The molecular weight excluding hydrogens is 957 g/mol. The van der Waals surface area contributed by atoms with Gasteiger partial charge >= 0.3 is 11.8 Å². The number of fused-ring (bicyclic) bond motifs is 4. The first-order valence-corrected chi connectivity index (χ1v) is 24.4. The Labute approximate surface area is 415 Å². The molecule has 66 heavy (non-hydrogen) atoms. The predicted octanol–water partition coefficient (Wildman–Crippen LogP) is 12.4. The monoisotopic (exact) mass is 1010 g/mol. The minimum atomic E-state index is 0.489. The van der Waals surface area contributed by atoms with Crippen LogP contribution in [-0.2, 0) is 14.1 Å². The van der Waals surface area contributed by atoms with E-state index in [1.54, 1.807) is 0 Å². The van der Waals surface area contributed by atoms with E-state index in [0.29, 0.717) is 55.0 Å². The normalized spacial score (nSPS) is 17.4. The van der Waals surface area contributed by atoms with Crippen LogP contribution in [0.15, 0.2) is 105 Å². The highest BCUT2D eigenvalue weighted by molar-refractivity contribution is 6.43. The average molecular weight is 1010 g/mol. The van der Waals surface area contributed by atoms with Crippen LogP contribution in [-0.4, -0.2) is 57.2 Å². The Morgan fingerprint density at radius 1 is 0.591 bits per heavy atom. The maximum absolute atomic E-state index is 6.59. The molecule has 0 radical (unpaired) electrons. The Morgan fingerprint density at radius 3 is 1.56 bits per heavy atom. The average Bonchev–Trinajstić information content (AvgIpc) is 3.86. The molecule has 4 aliphatic rings. The fourth-order valence-electron chi connectivity index (χ4n) is 9.15. The van der Waals surface area contributed by atoms with Crippen molar-refractivity contribution in [3.63, 3.8) is 0 Å². The van der Waals surface area contributed by atoms with Gasteiger partial charge in [-0.3, -0.25) is 9.89 Å². The number of hydrogen-bond donors (Lipinski definition) is 1. The number of nitrogens with zero attached hydrogens (tertiary/aromatic N) is 7. The first-order valence-electron chi connectivity index (χ1n) is 22.1. The van der Waals surface area contributed by atoms with Crippen molar-refractivity contribution in [3.05, 3.63) is 139 Å². The molecule has 4 aliphatic heterocycles. The number of benzene rings is 4. The Hall–Kier alpha value is -4.81. The molecule has 0 amide bonds. The third kappa shape index (κ3) is 9.38. The lowest BCUT2D eigenvalue weighted by molar-refractivity contribution is -0.652. The van der Waals surface area contributed by atoms with Crippen LogP contribution in [0.2, 0.25) is 30.1 Å². The summed E-state index contributed by atoms with van der Waals surface area (Å²) in [5, 5.41) is 6.77. The molecule has 1 N–H and O–H groups in total. The number of hydrogen-bond acceptors (Lipinski definition) is 7. The standard InChI is InChI=1S/C41H34Cl6N6O2.C9H16N2/c1-48-30-20-26(44)28(46)22-32(30)52(38(48)8-5-10-40-50(3)34-18-24(42)12-14-36(34)54-40)16-7-17-53-33-23-29(47)27(45)21-31(33)49(2)39(53)9-6-11-41-51(4)35-19-25(43)13-15-37(35)55-41;1-2-5-9-10-6-4-8-11(9)7-3-1/h5-6,8-15,18-23H,7,16-17H2,1-4H3;1-8H2/q+2;/p+1. The van der Waals surface area contributed by atoms with Crippen LogP contribution in [0.5, 0.6) is 0 Å². The molecule has 342 valence electrons. The molecule has 10 nitrogen and oxygen atoms in total. The zero-order chi connectivity index (χ0) is 46.2. The highest BCUT2D eigenvalue weighted by atomic mass is 35.5. The minimum Gasteiger partial charge on any atom is -0.398 e. The van der Waals surface area contributed by atoms with Crippen LogP contribution in [0.1, 0.15) is 50.3 Å². The molecule has 0 saturated carbocycles. The Morgan fingerprint density at radius 2 is 1.06 bits per heavy atom. The molecule has 0 spiro atoms.